The fourth-order valence-corrected chi connectivity index (χ4v) is 3.41. The zero-order valence-electron chi connectivity index (χ0n) is 11.0. The first-order valence-electron chi connectivity index (χ1n) is 6.37. The Morgan fingerprint density at radius 2 is 1.72 bits per heavy atom. The second-order valence-electron chi connectivity index (χ2n) is 5.55. The van der Waals surface area contributed by atoms with Gasteiger partial charge in [-0.25, -0.2) is 0 Å². The Morgan fingerprint density at radius 3 is 2.28 bits per heavy atom. The number of benzene rings is 1. The molecular formula is C14H20O3S. The molecule has 1 aliphatic rings. The van der Waals surface area contributed by atoms with Crippen LogP contribution in [-0.4, -0.2) is 15.0 Å². The van der Waals surface area contributed by atoms with E-state index < -0.39 is 10.1 Å². The van der Waals surface area contributed by atoms with Crippen LogP contribution in [0, 0.1) is 12.3 Å². The standard InChI is InChI=1S/C14H20O3S/c1-12-5-7-13(8-6-12)18(15,16)17-11-14(2)9-3-4-10-14/h5-8H,3-4,9-11H2,1-2H3. The van der Waals surface area contributed by atoms with E-state index in [2.05, 4.69) is 6.92 Å². The van der Waals surface area contributed by atoms with Gasteiger partial charge in [-0.3, -0.25) is 4.18 Å². The summed E-state index contributed by atoms with van der Waals surface area (Å²) in [5, 5.41) is 0. The van der Waals surface area contributed by atoms with E-state index in [-0.39, 0.29) is 10.3 Å². The lowest BCUT2D eigenvalue weighted by Gasteiger charge is -2.22. The van der Waals surface area contributed by atoms with Gasteiger partial charge in [-0.05, 0) is 37.3 Å². The summed E-state index contributed by atoms with van der Waals surface area (Å²) in [6, 6.07) is 6.77. The van der Waals surface area contributed by atoms with Crippen molar-refractivity contribution in [2.75, 3.05) is 6.61 Å². The Kier molecular flexibility index (Phi) is 3.78. The Labute approximate surface area is 109 Å². The minimum absolute atomic E-state index is 0.0256. The lowest BCUT2D eigenvalue weighted by Crippen LogP contribution is -2.22. The highest BCUT2D eigenvalue weighted by atomic mass is 32.2. The Morgan fingerprint density at radius 1 is 1.17 bits per heavy atom. The molecule has 0 heterocycles. The number of rotatable bonds is 4. The zero-order chi connectivity index (χ0) is 13.2. The summed E-state index contributed by atoms with van der Waals surface area (Å²) in [7, 11) is -3.60. The second kappa shape index (κ2) is 5.02. The lowest BCUT2D eigenvalue weighted by molar-refractivity contribution is 0.173. The summed E-state index contributed by atoms with van der Waals surface area (Å²) >= 11 is 0. The maximum Gasteiger partial charge on any atom is 0.296 e. The van der Waals surface area contributed by atoms with Gasteiger partial charge in [-0.2, -0.15) is 8.42 Å². The van der Waals surface area contributed by atoms with E-state index >= 15 is 0 Å². The molecule has 1 fully saturated rings. The topological polar surface area (TPSA) is 43.4 Å². The largest absolute Gasteiger partial charge is 0.296 e. The highest BCUT2D eigenvalue weighted by molar-refractivity contribution is 7.86. The van der Waals surface area contributed by atoms with Crippen molar-refractivity contribution < 1.29 is 12.6 Å². The summed E-state index contributed by atoms with van der Waals surface area (Å²) < 4.78 is 29.3. The van der Waals surface area contributed by atoms with E-state index in [1.54, 1.807) is 24.3 Å². The third-order valence-corrected chi connectivity index (χ3v) is 4.96. The first kappa shape index (κ1) is 13.6. The summed E-state index contributed by atoms with van der Waals surface area (Å²) in [5.41, 5.74) is 1.06. The van der Waals surface area contributed by atoms with Crippen LogP contribution in [-0.2, 0) is 14.3 Å². The van der Waals surface area contributed by atoms with Crippen LogP contribution in [0.3, 0.4) is 0 Å². The van der Waals surface area contributed by atoms with Crippen molar-refractivity contribution in [3.8, 4) is 0 Å². The van der Waals surface area contributed by atoms with Gasteiger partial charge in [0.05, 0.1) is 11.5 Å². The van der Waals surface area contributed by atoms with Gasteiger partial charge >= 0.3 is 0 Å². The Balaban J connectivity index is 2.05. The monoisotopic (exact) mass is 268 g/mol. The predicted molar refractivity (Wildman–Crippen MR) is 70.9 cm³/mol. The van der Waals surface area contributed by atoms with Gasteiger partial charge in [0.2, 0.25) is 0 Å². The predicted octanol–water partition coefficient (Wildman–Crippen LogP) is 3.28. The molecule has 0 atom stereocenters. The summed E-state index contributed by atoms with van der Waals surface area (Å²) in [6.07, 6.45) is 4.45. The van der Waals surface area contributed by atoms with Crippen LogP contribution in [0.1, 0.15) is 38.2 Å². The van der Waals surface area contributed by atoms with E-state index in [0.717, 1.165) is 18.4 Å². The highest BCUT2D eigenvalue weighted by Crippen LogP contribution is 2.38. The summed E-state index contributed by atoms with van der Waals surface area (Å²) in [5.74, 6) is 0. The van der Waals surface area contributed by atoms with Crippen LogP contribution in [0.5, 0.6) is 0 Å². The van der Waals surface area contributed by atoms with E-state index in [0.29, 0.717) is 6.61 Å². The van der Waals surface area contributed by atoms with Gasteiger partial charge in [-0.15, -0.1) is 0 Å². The normalized spacial score (nSPS) is 19.0. The van der Waals surface area contributed by atoms with Crippen molar-refractivity contribution in [2.45, 2.75) is 44.4 Å². The van der Waals surface area contributed by atoms with Crippen LogP contribution < -0.4 is 0 Å². The van der Waals surface area contributed by atoms with Crippen LogP contribution in [0.2, 0.25) is 0 Å². The van der Waals surface area contributed by atoms with E-state index in [1.807, 2.05) is 6.92 Å². The molecule has 18 heavy (non-hydrogen) atoms. The van der Waals surface area contributed by atoms with Gasteiger partial charge in [0, 0.05) is 0 Å². The third-order valence-electron chi connectivity index (χ3n) is 3.68. The molecule has 0 unspecified atom stereocenters. The highest BCUT2D eigenvalue weighted by Gasteiger charge is 2.31. The van der Waals surface area contributed by atoms with Crippen molar-refractivity contribution in [1.82, 2.24) is 0 Å². The van der Waals surface area contributed by atoms with E-state index in [1.165, 1.54) is 12.8 Å². The van der Waals surface area contributed by atoms with Crippen molar-refractivity contribution in [2.24, 2.45) is 5.41 Å². The quantitative estimate of drug-likeness (QED) is 0.787. The van der Waals surface area contributed by atoms with E-state index in [4.69, 9.17) is 4.18 Å². The maximum atomic E-state index is 12.0. The zero-order valence-corrected chi connectivity index (χ0v) is 11.8. The fourth-order valence-electron chi connectivity index (χ4n) is 2.37. The number of hydrogen-bond donors (Lipinski definition) is 0. The van der Waals surface area contributed by atoms with Crippen LogP contribution in [0.4, 0.5) is 0 Å². The van der Waals surface area contributed by atoms with Crippen molar-refractivity contribution >= 4 is 10.1 Å². The van der Waals surface area contributed by atoms with Crippen LogP contribution >= 0.6 is 0 Å². The smallest absolute Gasteiger partial charge is 0.266 e. The molecule has 1 saturated carbocycles. The molecule has 0 saturated heterocycles. The molecule has 0 spiro atoms. The average Bonchev–Trinajstić information content (AvgIpc) is 2.75. The Hall–Kier alpha value is -0.870. The molecule has 0 bridgehead atoms. The van der Waals surface area contributed by atoms with Gasteiger partial charge in [0.1, 0.15) is 0 Å². The first-order chi connectivity index (χ1) is 8.41. The maximum absolute atomic E-state index is 12.0. The number of aryl methyl sites for hydroxylation is 1. The molecule has 3 nitrogen and oxygen atoms in total. The second-order valence-corrected chi connectivity index (χ2v) is 7.16. The molecule has 0 aliphatic heterocycles. The van der Waals surface area contributed by atoms with Crippen molar-refractivity contribution in [1.29, 1.82) is 0 Å². The lowest BCUT2D eigenvalue weighted by atomic mass is 9.90. The minimum atomic E-state index is -3.60. The molecule has 100 valence electrons. The fraction of sp³-hybridized carbons (Fsp3) is 0.571. The molecular weight excluding hydrogens is 248 g/mol. The van der Waals surface area contributed by atoms with Gasteiger partial charge in [-0.1, -0.05) is 37.5 Å². The minimum Gasteiger partial charge on any atom is -0.266 e. The molecule has 2 rings (SSSR count). The SMILES string of the molecule is Cc1ccc(S(=O)(=O)OCC2(C)CCCC2)cc1. The van der Waals surface area contributed by atoms with Gasteiger partial charge in [0.15, 0.2) is 0 Å². The molecule has 1 aliphatic carbocycles. The Bertz CT molecular complexity index is 496. The number of hydrogen-bond acceptors (Lipinski definition) is 3. The molecule has 0 N–H and O–H groups in total. The first-order valence-corrected chi connectivity index (χ1v) is 7.78. The van der Waals surface area contributed by atoms with Crippen LogP contribution in [0.25, 0.3) is 0 Å². The molecule has 1 aromatic rings. The molecule has 0 radical (unpaired) electrons. The third kappa shape index (κ3) is 3.12. The van der Waals surface area contributed by atoms with Gasteiger partial charge < -0.3 is 0 Å². The van der Waals surface area contributed by atoms with E-state index in [9.17, 15) is 8.42 Å². The summed E-state index contributed by atoms with van der Waals surface area (Å²) in [6.45, 7) is 4.32. The molecule has 0 amide bonds. The van der Waals surface area contributed by atoms with Crippen LogP contribution in [0.15, 0.2) is 29.2 Å². The average molecular weight is 268 g/mol. The summed E-state index contributed by atoms with van der Waals surface area (Å²) in [4.78, 5) is 0.245. The molecule has 1 aromatic carbocycles. The molecule has 0 aromatic heterocycles. The van der Waals surface area contributed by atoms with Crippen molar-refractivity contribution in [3.63, 3.8) is 0 Å². The van der Waals surface area contributed by atoms with Gasteiger partial charge in [0.25, 0.3) is 10.1 Å². The van der Waals surface area contributed by atoms with Crippen molar-refractivity contribution in [3.05, 3.63) is 29.8 Å². The molecule has 4 heteroatoms.